The third-order valence-corrected chi connectivity index (χ3v) is 3.88. The molecule has 1 aromatic heterocycles. The maximum atomic E-state index is 14.1. The molecule has 2 aromatic rings. The van der Waals surface area contributed by atoms with Gasteiger partial charge in [-0.25, -0.2) is 9.78 Å². The summed E-state index contributed by atoms with van der Waals surface area (Å²) in [5.41, 5.74) is -3.44. The molecule has 2 rings (SSSR count). The summed E-state index contributed by atoms with van der Waals surface area (Å²) in [6.45, 7) is 1.50. The lowest BCUT2D eigenvalue weighted by atomic mass is 10.1. The van der Waals surface area contributed by atoms with Gasteiger partial charge in [-0.15, -0.1) is 0 Å². The number of nitrogens with zero attached hydrogens (tertiary/aromatic N) is 1. The number of halogens is 3. The normalized spacial score (nSPS) is 13.2. The van der Waals surface area contributed by atoms with Crippen molar-refractivity contribution in [1.82, 2.24) is 10.3 Å². The molecule has 1 aromatic carbocycles. The van der Waals surface area contributed by atoms with Crippen LogP contribution in [0.25, 0.3) is 0 Å². The number of alkyl halides is 3. The standard InChI is InChI=1S/C18H18F3N3O4/c1-11-7-6-10-22-14(11)23-17(16(26)28-3,18(19,20)21)24-15(25)12-8-4-5-9-13(12)27-2/h4-10H,1-3H3,(H,22,23)(H,24,25). The summed E-state index contributed by atoms with van der Waals surface area (Å²) in [5, 5.41) is 3.72. The third kappa shape index (κ3) is 4.00. The van der Waals surface area contributed by atoms with Crippen LogP contribution < -0.4 is 15.4 Å². The Labute approximate surface area is 158 Å². The molecular weight excluding hydrogens is 379 g/mol. The highest BCUT2D eigenvalue weighted by molar-refractivity contribution is 6.01. The minimum absolute atomic E-state index is 0.0370. The van der Waals surface area contributed by atoms with Crippen molar-refractivity contribution in [3.63, 3.8) is 0 Å². The zero-order valence-electron chi connectivity index (χ0n) is 15.3. The van der Waals surface area contributed by atoms with E-state index in [-0.39, 0.29) is 17.1 Å². The smallest absolute Gasteiger partial charge is 0.441 e. The fourth-order valence-corrected chi connectivity index (χ4v) is 2.41. The lowest BCUT2D eigenvalue weighted by molar-refractivity contribution is -0.203. The number of carbonyl (C=O) groups is 2. The van der Waals surface area contributed by atoms with E-state index in [1.54, 1.807) is 11.4 Å². The summed E-state index contributed by atoms with van der Waals surface area (Å²) in [7, 11) is 2.05. The molecule has 1 unspecified atom stereocenters. The number of amides is 1. The largest absolute Gasteiger partial charge is 0.496 e. The maximum absolute atomic E-state index is 14.1. The van der Waals surface area contributed by atoms with Gasteiger partial charge in [-0.1, -0.05) is 18.2 Å². The Balaban J connectivity index is 2.55. The number of aryl methyl sites for hydroxylation is 1. The molecule has 1 atom stereocenters. The summed E-state index contributed by atoms with van der Waals surface area (Å²) < 4.78 is 51.5. The minimum atomic E-state index is -5.26. The third-order valence-electron chi connectivity index (χ3n) is 3.88. The van der Waals surface area contributed by atoms with E-state index in [2.05, 4.69) is 9.72 Å². The lowest BCUT2D eigenvalue weighted by Crippen LogP contribution is -2.69. The number of para-hydroxylation sites is 1. The van der Waals surface area contributed by atoms with Gasteiger partial charge in [-0.2, -0.15) is 13.2 Å². The average molecular weight is 397 g/mol. The van der Waals surface area contributed by atoms with E-state index in [0.717, 1.165) is 7.11 Å². The van der Waals surface area contributed by atoms with Gasteiger partial charge in [0.25, 0.3) is 5.91 Å². The van der Waals surface area contributed by atoms with Crippen LogP contribution >= 0.6 is 0 Å². The Kier molecular flexibility index (Phi) is 6.12. The summed E-state index contributed by atoms with van der Waals surface area (Å²) in [6.07, 6.45) is -4.02. The topological polar surface area (TPSA) is 89.5 Å². The van der Waals surface area contributed by atoms with Crippen molar-refractivity contribution in [3.05, 3.63) is 53.7 Å². The fourth-order valence-electron chi connectivity index (χ4n) is 2.41. The van der Waals surface area contributed by atoms with Crippen molar-refractivity contribution in [2.75, 3.05) is 19.5 Å². The molecule has 0 aliphatic rings. The fraction of sp³-hybridized carbons (Fsp3) is 0.278. The Morgan fingerprint density at radius 3 is 2.32 bits per heavy atom. The van der Waals surface area contributed by atoms with E-state index in [1.807, 2.05) is 5.32 Å². The Morgan fingerprint density at radius 2 is 1.75 bits per heavy atom. The van der Waals surface area contributed by atoms with Crippen molar-refractivity contribution >= 4 is 17.7 Å². The van der Waals surface area contributed by atoms with Crippen LogP contribution in [-0.2, 0) is 9.53 Å². The number of aromatic nitrogens is 1. The lowest BCUT2D eigenvalue weighted by Gasteiger charge is -2.35. The first-order valence-electron chi connectivity index (χ1n) is 7.96. The van der Waals surface area contributed by atoms with E-state index in [4.69, 9.17) is 4.74 Å². The van der Waals surface area contributed by atoms with Gasteiger partial charge in [0.05, 0.1) is 19.8 Å². The van der Waals surface area contributed by atoms with Gasteiger partial charge in [0.1, 0.15) is 11.6 Å². The molecule has 1 amide bonds. The second-order valence-corrected chi connectivity index (χ2v) is 5.69. The zero-order chi connectivity index (χ0) is 20.9. The van der Waals surface area contributed by atoms with Gasteiger partial charge in [0.2, 0.25) is 0 Å². The van der Waals surface area contributed by atoms with Gasteiger partial charge < -0.3 is 20.1 Å². The molecule has 1 heterocycles. The summed E-state index contributed by atoms with van der Waals surface area (Å²) in [6, 6.07) is 8.66. The number of pyridine rings is 1. The van der Waals surface area contributed by atoms with E-state index in [1.165, 1.54) is 50.6 Å². The van der Waals surface area contributed by atoms with Gasteiger partial charge in [0, 0.05) is 6.20 Å². The molecule has 0 radical (unpaired) electrons. The van der Waals surface area contributed by atoms with Crippen LogP contribution in [0.3, 0.4) is 0 Å². The number of esters is 1. The van der Waals surface area contributed by atoms with E-state index in [9.17, 15) is 22.8 Å². The summed E-state index contributed by atoms with van der Waals surface area (Å²) in [4.78, 5) is 28.7. The van der Waals surface area contributed by atoms with E-state index in [0.29, 0.717) is 5.56 Å². The first-order chi connectivity index (χ1) is 13.2. The monoisotopic (exact) mass is 397 g/mol. The van der Waals surface area contributed by atoms with E-state index >= 15 is 0 Å². The second-order valence-electron chi connectivity index (χ2n) is 5.69. The number of hydrogen-bond acceptors (Lipinski definition) is 6. The van der Waals surface area contributed by atoms with Crippen molar-refractivity contribution in [3.8, 4) is 5.75 Å². The first kappa shape index (κ1) is 21.0. The maximum Gasteiger partial charge on any atom is 0.441 e. The number of nitrogens with one attached hydrogen (secondary N) is 2. The van der Waals surface area contributed by atoms with Gasteiger partial charge in [0.15, 0.2) is 0 Å². The van der Waals surface area contributed by atoms with Crippen LogP contribution in [0.15, 0.2) is 42.6 Å². The molecule has 0 saturated carbocycles. The van der Waals surface area contributed by atoms with Gasteiger partial charge in [-0.05, 0) is 30.7 Å². The zero-order valence-corrected chi connectivity index (χ0v) is 15.3. The number of anilines is 1. The highest BCUT2D eigenvalue weighted by Gasteiger charge is 2.64. The van der Waals surface area contributed by atoms with Crippen LogP contribution in [-0.4, -0.2) is 42.9 Å². The Morgan fingerprint density at radius 1 is 1.07 bits per heavy atom. The molecule has 0 fully saturated rings. The number of carbonyl (C=O) groups excluding carboxylic acids is 2. The molecule has 28 heavy (non-hydrogen) atoms. The van der Waals surface area contributed by atoms with E-state index < -0.39 is 23.7 Å². The average Bonchev–Trinajstić information content (AvgIpc) is 2.67. The highest BCUT2D eigenvalue weighted by Crippen LogP contribution is 2.34. The molecule has 0 spiro atoms. The minimum Gasteiger partial charge on any atom is -0.496 e. The van der Waals surface area contributed by atoms with Crippen molar-refractivity contribution < 1.29 is 32.2 Å². The predicted octanol–water partition coefficient (Wildman–Crippen LogP) is 2.67. The van der Waals surface area contributed by atoms with Crippen molar-refractivity contribution in [2.24, 2.45) is 0 Å². The summed E-state index contributed by atoms with van der Waals surface area (Å²) in [5.74, 6) is -3.16. The van der Waals surface area contributed by atoms with Crippen LogP contribution in [0.5, 0.6) is 5.75 Å². The van der Waals surface area contributed by atoms with Crippen LogP contribution in [0.1, 0.15) is 15.9 Å². The highest BCUT2D eigenvalue weighted by atomic mass is 19.4. The van der Waals surface area contributed by atoms with Gasteiger partial charge in [-0.3, -0.25) is 4.79 Å². The number of methoxy groups -OCH3 is 2. The second kappa shape index (κ2) is 8.15. The predicted molar refractivity (Wildman–Crippen MR) is 93.9 cm³/mol. The Hall–Kier alpha value is -3.30. The van der Waals surface area contributed by atoms with Crippen LogP contribution in [0.4, 0.5) is 19.0 Å². The molecule has 0 aliphatic heterocycles. The summed E-state index contributed by atoms with van der Waals surface area (Å²) >= 11 is 0. The molecule has 2 N–H and O–H groups in total. The quantitative estimate of drug-likeness (QED) is 0.576. The molecular formula is C18H18F3N3O4. The molecule has 150 valence electrons. The van der Waals surface area contributed by atoms with Crippen molar-refractivity contribution in [1.29, 1.82) is 0 Å². The number of rotatable bonds is 6. The Bertz CT molecular complexity index is 873. The molecule has 0 saturated heterocycles. The molecule has 7 nitrogen and oxygen atoms in total. The van der Waals surface area contributed by atoms with Crippen LogP contribution in [0, 0.1) is 6.92 Å². The number of ether oxygens (including phenoxy) is 2. The number of benzene rings is 1. The number of hydrogen-bond donors (Lipinski definition) is 2. The van der Waals surface area contributed by atoms with Gasteiger partial charge >= 0.3 is 17.8 Å². The SMILES string of the molecule is COC(=O)C(NC(=O)c1ccccc1OC)(Nc1ncccc1C)C(F)(F)F. The van der Waals surface area contributed by atoms with Crippen LogP contribution in [0.2, 0.25) is 0 Å². The molecule has 0 aliphatic carbocycles. The molecule has 0 bridgehead atoms. The molecule has 10 heteroatoms. The first-order valence-corrected chi connectivity index (χ1v) is 7.96. The van der Waals surface area contributed by atoms with Crippen molar-refractivity contribution in [2.45, 2.75) is 18.8 Å².